The first-order valence-corrected chi connectivity index (χ1v) is 16.3. The predicted octanol–water partition coefficient (Wildman–Crippen LogP) is 8.59. The number of hydrogen-bond acceptors (Lipinski definition) is 8. The summed E-state index contributed by atoms with van der Waals surface area (Å²) in [7, 11) is -3.75. The number of rotatable bonds is 16. The number of carbonyl (C=O) groups is 2. The van der Waals surface area contributed by atoms with Gasteiger partial charge in [-0.25, -0.2) is 4.57 Å². The van der Waals surface area contributed by atoms with Crippen LogP contribution in [0.1, 0.15) is 86.1 Å². The lowest BCUT2D eigenvalue weighted by Gasteiger charge is -2.17. The Morgan fingerprint density at radius 2 is 1.37 bits per heavy atom. The van der Waals surface area contributed by atoms with E-state index in [-0.39, 0.29) is 36.2 Å². The molecule has 0 fully saturated rings. The van der Waals surface area contributed by atoms with E-state index in [1.165, 1.54) is 0 Å². The van der Waals surface area contributed by atoms with Crippen molar-refractivity contribution in [2.75, 3.05) is 13.2 Å². The molecule has 1 heterocycles. The van der Waals surface area contributed by atoms with Gasteiger partial charge in [0.15, 0.2) is 5.78 Å². The number of oxime groups is 1. The summed E-state index contributed by atoms with van der Waals surface area (Å²) in [5.41, 5.74) is 3.39. The second-order valence-electron chi connectivity index (χ2n) is 10.1. The third kappa shape index (κ3) is 7.24. The van der Waals surface area contributed by atoms with Crippen LogP contribution in [0.5, 0.6) is 5.75 Å². The number of fused-ring (bicyclic) bond motifs is 3. The summed E-state index contributed by atoms with van der Waals surface area (Å²) in [6, 6.07) is 17.4. The summed E-state index contributed by atoms with van der Waals surface area (Å²) in [5, 5.41) is 14.6. The maximum Gasteiger partial charge on any atom is 0.530 e. The van der Waals surface area contributed by atoms with Crippen molar-refractivity contribution in [3.8, 4) is 5.75 Å². The van der Waals surface area contributed by atoms with E-state index < -0.39 is 7.82 Å². The molecule has 0 aliphatic heterocycles. The molecule has 0 spiro atoms. The van der Waals surface area contributed by atoms with Crippen molar-refractivity contribution >= 4 is 46.9 Å². The van der Waals surface area contributed by atoms with E-state index in [9.17, 15) is 19.4 Å². The Kier molecular flexibility index (Phi) is 10.9. The number of ketones is 2. The van der Waals surface area contributed by atoms with Crippen LogP contribution in [-0.4, -0.2) is 40.3 Å². The fourth-order valence-electron chi connectivity index (χ4n) is 5.19. The molecule has 4 rings (SSSR count). The van der Waals surface area contributed by atoms with Crippen LogP contribution < -0.4 is 4.52 Å². The molecule has 1 aromatic heterocycles. The Morgan fingerprint density at radius 3 is 1.93 bits per heavy atom. The second-order valence-corrected chi connectivity index (χ2v) is 11.7. The average Bonchev–Trinajstić information content (AvgIpc) is 3.33. The molecule has 4 aromatic rings. The smallest absolute Gasteiger partial charge is 0.411 e. The molecular formula is C33H39N2O7P. The van der Waals surface area contributed by atoms with Gasteiger partial charge in [-0.3, -0.25) is 18.6 Å². The number of benzene rings is 3. The van der Waals surface area contributed by atoms with Crippen LogP contribution in [0.25, 0.3) is 21.8 Å². The van der Waals surface area contributed by atoms with Gasteiger partial charge in [0.2, 0.25) is 5.78 Å². The fourth-order valence-corrected chi connectivity index (χ4v) is 6.38. The monoisotopic (exact) mass is 606 g/mol. The van der Waals surface area contributed by atoms with E-state index in [0.717, 1.165) is 47.5 Å². The summed E-state index contributed by atoms with van der Waals surface area (Å²) in [6.45, 7) is 8.58. The van der Waals surface area contributed by atoms with Gasteiger partial charge in [-0.05, 0) is 94.3 Å². The van der Waals surface area contributed by atoms with Crippen LogP contribution in [0, 0.1) is 0 Å². The highest BCUT2D eigenvalue weighted by atomic mass is 31.2. The van der Waals surface area contributed by atoms with Gasteiger partial charge in [0, 0.05) is 45.0 Å². The summed E-state index contributed by atoms with van der Waals surface area (Å²) in [5.74, 6) is -0.236. The highest BCUT2D eigenvalue weighted by Crippen LogP contribution is 2.49. The minimum atomic E-state index is -3.75. The van der Waals surface area contributed by atoms with E-state index in [1.807, 2.05) is 31.2 Å². The summed E-state index contributed by atoms with van der Waals surface area (Å²) >= 11 is 0. The molecule has 0 bridgehead atoms. The number of phosphoric acid groups is 1. The second kappa shape index (κ2) is 14.6. The van der Waals surface area contributed by atoms with E-state index in [0.29, 0.717) is 29.7 Å². The minimum Gasteiger partial charge on any atom is -0.411 e. The quantitative estimate of drug-likeness (QED) is 0.0339. The zero-order chi connectivity index (χ0) is 31.0. The van der Waals surface area contributed by atoms with Crippen molar-refractivity contribution in [1.82, 2.24) is 4.57 Å². The number of nitrogens with zero attached hydrogens (tertiary/aromatic N) is 2. The van der Waals surface area contributed by atoms with Crippen LogP contribution in [0.4, 0.5) is 0 Å². The lowest BCUT2D eigenvalue weighted by Crippen LogP contribution is -2.14. The van der Waals surface area contributed by atoms with Gasteiger partial charge >= 0.3 is 7.82 Å². The van der Waals surface area contributed by atoms with Crippen molar-refractivity contribution in [3.63, 3.8) is 0 Å². The Balaban J connectivity index is 1.64. The number of Topliss-reactive ketones (excluding diaryl/α,β-unsaturated/α-hetero) is 1. The summed E-state index contributed by atoms with van der Waals surface area (Å²) in [4.78, 5) is 26.8. The molecule has 0 saturated heterocycles. The van der Waals surface area contributed by atoms with E-state index >= 15 is 0 Å². The molecule has 0 unspecified atom stereocenters. The largest absolute Gasteiger partial charge is 0.530 e. The maximum absolute atomic E-state index is 13.5. The van der Waals surface area contributed by atoms with Crippen molar-refractivity contribution < 1.29 is 32.9 Å². The van der Waals surface area contributed by atoms with Gasteiger partial charge in [-0.1, -0.05) is 31.3 Å². The molecule has 0 saturated carbocycles. The number of hydrogen-bond donors (Lipinski definition) is 1. The number of phosphoric ester groups is 1. The predicted molar refractivity (Wildman–Crippen MR) is 169 cm³/mol. The molecule has 0 radical (unpaired) electrons. The molecule has 43 heavy (non-hydrogen) atoms. The van der Waals surface area contributed by atoms with Crippen LogP contribution in [0.3, 0.4) is 0 Å². The van der Waals surface area contributed by atoms with E-state index in [4.69, 9.17) is 13.6 Å². The molecular weight excluding hydrogens is 567 g/mol. The number of unbranched alkanes of at least 4 members (excludes halogenated alkanes) is 3. The van der Waals surface area contributed by atoms with Crippen molar-refractivity contribution in [2.24, 2.45) is 5.16 Å². The van der Waals surface area contributed by atoms with Crippen LogP contribution in [-0.2, 0) is 20.2 Å². The number of aromatic nitrogens is 1. The molecule has 0 aliphatic carbocycles. The van der Waals surface area contributed by atoms with Crippen molar-refractivity contribution in [1.29, 1.82) is 0 Å². The molecule has 9 nitrogen and oxygen atoms in total. The molecule has 0 aliphatic rings. The zero-order valence-corrected chi connectivity index (χ0v) is 26.1. The van der Waals surface area contributed by atoms with Gasteiger partial charge in [-0.15, -0.1) is 0 Å². The van der Waals surface area contributed by atoms with Crippen molar-refractivity contribution in [3.05, 3.63) is 77.4 Å². The Bertz CT molecular complexity index is 1660. The van der Waals surface area contributed by atoms with Crippen molar-refractivity contribution in [2.45, 2.75) is 66.3 Å². The first-order chi connectivity index (χ1) is 20.8. The summed E-state index contributed by atoms with van der Waals surface area (Å²) in [6.07, 6.45) is 4.32. The normalized spacial score (nSPS) is 12.2. The zero-order valence-electron chi connectivity index (χ0n) is 25.2. The van der Waals surface area contributed by atoms with E-state index in [2.05, 4.69) is 16.6 Å². The number of carbonyl (C=O) groups excluding carboxylic acids is 2. The van der Waals surface area contributed by atoms with E-state index in [1.54, 1.807) is 50.2 Å². The van der Waals surface area contributed by atoms with Crippen LogP contribution >= 0.6 is 7.82 Å². The van der Waals surface area contributed by atoms with Crippen LogP contribution in [0.15, 0.2) is 65.8 Å². The third-order valence-corrected chi connectivity index (χ3v) is 8.85. The maximum atomic E-state index is 13.5. The molecule has 10 heteroatoms. The Morgan fingerprint density at radius 1 is 0.791 bits per heavy atom. The number of aryl methyl sites for hydroxylation is 1. The van der Waals surface area contributed by atoms with Gasteiger partial charge in [0.25, 0.3) is 0 Å². The average molecular weight is 607 g/mol. The summed E-state index contributed by atoms with van der Waals surface area (Å²) < 4.78 is 30.7. The van der Waals surface area contributed by atoms with Gasteiger partial charge in [0.05, 0.1) is 13.2 Å². The van der Waals surface area contributed by atoms with Crippen LogP contribution in [0.2, 0.25) is 0 Å². The third-order valence-electron chi connectivity index (χ3n) is 7.26. The SMILES string of the molecule is CCCCCC/C(=N/O)C(=O)c1ccc2c(c1)c1cc(C(=O)c3ccc(OP(=O)(OCC)OCC)cc3)ccc1n2CC. The lowest BCUT2D eigenvalue weighted by molar-refractivity contribution is 0.103. The molecule has 228 valence electrons. The highest BCUT2D eigenvalue weighted by Gasteiger charge is 2.27. The molecule has 1 N–H and O–H groups in total. The molecule has 3 aromatic carbocycles. The standard InChI is InChI=1S/C33H39N2O7P/c1-5-9-10-11-12-29(34-38)33(37)25-16-20-31-28(22-25)27-21-24(15-19-30(27)35(31)6-2)32(36)23-13-17-26(18-14-23)42-43(39,40-7-3)41-8-4/h13-22,38H,5-12H2,1-4H3/b34-29-. The van der Waals surface area contributed by atoms with Gasteiger partial charge < -0.3 is 14.3 Å². The minimum absolute atomic E-state index is 0.150. The van der Waals surface area contributed by atoms with Gasteiger partial charge in [-0.2, -0.15) is 0 Å². The first kappa shape index (κ1) is 32.1. The fraction of sp³-hybridized carbons (Fsp3) is 0.364. The highest BCUT2D eigenvalue weighted by molar-refractivity contribution is 7.48. The lowest BCUT2D eigenvalue weighted by atomic mass is 9.98. The molecule has 0 atom stereocenters. The first-order valence-electron chi connectivity index (χ1n) is 14.8. The van der Waals surface area contributed by atoms with Gasteiger partial charge in [0.1, 0.15) is 11.5 Å². The molecule has 0 amide bonds. The topological polar surface area (TPSA) is 116 Å². The Hall–Kier alpha value is -3.78. The Labute approximate surface area is 252 Å².